The molecular weight excluding hydrogens is 362 g/mol. The Balaban J connectivity index is 1.77. The zero-order chi connectivity index (χ0) is 21.2. The predicted octanol–water partition coefficient (Wildman–Crippen LogP) is 5.19. The van der Waals surface area contributed by atoms with Gasteiger partial charge in [0.05, 0.1) is 28.1 Å². The van der Waals surface area contributed by atoms with Gasteiger partial charge in [0.25, 0.3) is 0 Å². The van der Waals surface area contributed by atoms with E-state index in [4.69, 9.17) is 18.6 Å². The monoisotopic (exact) mass is 394 g/mol. The second kappa shape index (κ2) is 6.58. The highest BCUT2D eigenvalue weighted by atomic mass is 16.7. The van der Waals surface area contributed by atoms with E-state index >= 15 is 0 Å². The maximum atomic E-state index is 6.46. The van der Waals surface area contributed by atoms with Crippen molar-refractivity contribution < 1.29 is 18.6 Å². The van der Waals surface area contributed by atoms with Crippen molar-refractivity contribution in [3.8, 4) is 0 Å². The molecule has 2 aliphatic heterocycles. The van der Waals surface area contributed by atoms with Gasteiger partial charge in [-0.15, -0.1) is 0 Å². The van der Waals surface area contributed by atoms with Crippen molar-refractivity contribution in [2.24, 2.45) is 0 Å². The molecular formula is C23H32B2O4. The van der Waals surface area contributed by atoms with Crippen LogP contribution in [0.1, 0.15) is 66.7 Å². The summed E-state index contributed by atoms with van der Waals surface area (Å²) in [7, 11) is -0.924. The largest absolute Gasteiger partial charge is 0.463 e. The fourth-order valence-electron chi connectivity index (χ4n) is 3.93. The van der Waals surface area contributed by atoms with Crippen LogP contribution in [0.2, 0.25) is 0 Å². The Labute approximate surface area is 175 Å². The van der Waals surface area contributed by atoms with E-state index in [1.807, 2.05) is 0 Å². The van der Waals surface area contributed by atoms with Crippen LogP contribution in [-0.4, -0.2) is 36.6 Å². The molecule has 2 saturated heterocycles. The quantitative estimate of drug-likeness (QED) is 0.672. The predicted molar refractivity (Wildman–Crippen MR) is 119 cm³/mol. The van der Waals surface area contributed by atoms with E-state index in [2.05, 4.69) is 97.9 Å². The smallest absolute Gasteiger partial charge is 0.403 e. The molecule has 0 radical (unpaired) electrons. The van der Waals surface area contributed by atoms with Gasteiger partial charge in [0, 0.05) is 0 Å². The molecule has 4 nitrogen and oxygen atoms in total. The molecule has 4 rings (SSSR count). The Morgan fingerprint density at radius 3 is 1.45 bits per heavy atom. The lowest BCUT2D eigenvalue weighted by molar-refractivity contribution is 0.00578. The molecule has 2 aromatic carbocycles. The minimum absolute atomic E-state index is 0.207. The van der Waals surface area contributed by atoms with Crippen molar-refractivity contribution >= 4 is 25.0 Å². The first-order valence-electron chi connectivity index (χ1n) is 10.5. The summed E-state index contributed by atoms with van der Waals surface area (Å²) in [6.07, 6.45) is 0. The standard InChI is InChI=1S/C23H32B2O4/c1-20(2)21(3,4)27-24(26-20)19(25-28-22(5,6)23(7,8)29-25)18-14-13-16-11-9-10-12-17(16)15-18/h9-15,19H,1-8H3. The summed E-state index contributed by atoms with van der Waals surface area (Å²) >= 11 is 0. The van der Waals surface area contributed by atoms with Gasteiger partial charge in [0.2, 0.25) is 0 Å². The van der Waals surface area contributed by atoms with Crippen molar-refractivity contribution in [3.05, 3.63) is 48.0 Å². The van der Waals surface area contributed by atoms with E-state index < -0.39 is 36.6 Å². The molecule has 0 saturated carbocycles. The van der Waals surface area contributed by atoms with Gasteiger partial charge >= 0.3 is 14.2 Å². The average Bonchev–Trinajstić information content (AvgIpc) is 2.94. The summed E-state index contributed by atoms with van der Waals surface area (Å²) < 4.78 is 25.8. The molecule has 0 bridgehead atoms. The molecule has 0 N–H and O–H groups in total. The highest BCUT2D eigenvalue weighted by molar-refractivity contribution is 6.68. The van der Waals surface area contributed by atoms with Gasteiger partial charge in [-0.1, -0.05) is 42.5 Å². The minimum Gasteiger partial charge on any atom is -0.403 e. The zero-order valence-electron chi connectivity index (χ0n) is 18.9. The van der Waals surface area contributed by atoms with Crippen molar-refractivity contribution in [1.82, 2.24) is 0 Å². The van der Waals surface area contributed by atoms with Gasteiger partial charge in [-0.25, -0.2) is 0 Å². The Morgan fingerprint density at radius 1 is 0.586 bits per heavy atom. The number of fused-ring (bicyclic) bond motifs is 1. The fraction of sp³-hybridized carbons (Fsp3) is 0.565. The third kappa shape index (κ3) is 3.44. The van der Waals surface area contributed by atoms with Crippen molar-refractivity contribution in [2.75, 3.05) is 0 Å². The van der Waals surface area contributed by atoms with E-state index in [-0.39, 0.29) is 5.72 Å². The van der Waals surface area contributed by atoms with Gasteiger partial charge in [-0.2, -0.15) is 0 Å². The van der Waals surface area contributed by atoms with E-state index in [1.54, 1.807) is 0 Å². The van der Waals surface area contributed by atoms with Gasteiger partial charge in [-0.05, 0) is 71.7 Å². The Hall–Kier alpha value is -1.33. The lowest BCUT2D eigenvalue weighted by Gasteiger charge is -2.32. The van der Waals surface area contributed by atoms with Crippen LogP contribution in [0, 0.1) is 0 Å². The number of rotatable bonds is 3. The molecule has 0 aliphatic carbocycles. The average molecular weight is 394 g/mol. The molecule has 0 aromatic heterocycles. The van der Waals surface area contributed by atoms with Crippen LogP contribution in [0.3, 0.4) is 0 Å². The van der Waals surface area contributed by atoms with Crippen molar-refractivity contribution in [3.63, 3.8) is 0 Å². The normalized spacial score (nSPS) is 24.6. The maximum Gasteiger partial charge on any atom is 0.463 e. The van der Waals surface area contributed by atoms with Gasteiger partial charge in [-0.3, -0.25) is 0 Å². The Morgan fingerprint density at radius 2 is 1.00 bits per heavy atom. The van der Waals surface area contributed by atoms with Crippen LogP contribution in [0.4, 0.5) is 0 Å². The third-order valence-corrected chi connectivity index (χ3v) is 7.29. The molecule has 2 aliphatic rings. The molecule has 29 heavy (non-hydrogen) atoms. The lowest BCUT2D eigenvalue weighted by Crippen LogP contribution is -2.41. The SMILES string of the molecule is CC1(C)OB(C(B2OC(C)(C)C(C)(C)O2)c2ccc3ccccc3c2)OC1(C)C. The summed E-state index contributed by atoms with van der Waals surface area (Å²) in [6, 6.07) is 14.9. The number of hydrogen-bond donors (Lipinski definition) is 0. The van der Waals surface area contributed by atoms with E-state index in [9.17, 15) is 0 Å². The van der Waals surface area contributed by atoms with Gasteiger partial charge in [0.15, 0.2) is 0 Å². The summed E-state index contributed by atoms with van der Waals surface area (Å²) in [5.41, 5.74) is -0.790. The van der Waals surface area contributed by atoms with Crippen LogP contribution in [0.25, 0.3) is 10.8 Å². The minimum atomic E-state index is -0.462. The first-order chi connectivity index (χ1) is 13.3. The highest BCUT2D eigenvalue weighted by Gasteiger charge is 2.62. The Bertz CT molecular complexity index is 854. The van der Waals surface area contributed by atoms with Crippen LogP contribution >= 0.6 is 0 Å². The summed E-state index contributed by atoms with van der Waals surface area (Å²) in [4.78, 5) is 0. The summed E-state index contributed by atoms with van der Waals surface area (Å²) in [5, 5.41) is 2.39. The fourth-order valence-corrected chi connectivity index (χ4v) is 3.93. The molecule has 2 heterocycles. The van der Waals surface area contributed by atoms with E-state index in [1.165, 1.54) is 10.8 Å². The Kier molecular flexibility index (Phi) is 4.75. The summed E-state index contributed by atoms with van der Waals surface area (Å²) in [5.74, 6) is 0. The van der Waals surface area contributed by atoms with Crippen molar-refractivity contribution in [1.29, 1.82) is 0 Å². The van der Waals surface area contributed by atoms with Gasteiger partial charge < -0.3 is 18.6 Å². The third-order valence-electron chi connectivity index (χ3n) is 7.29. The second-order valence-electron chi connectivity index (χ2n) is 10.4. The maximum absolute atomic E-state index is 6.46. The lowest BCUT2D eigenvalue weighted by atomic mass is 9.49. The van der Waals surface area contributed by atoms with Crippen LogP contribution < -0.4 is 0 Å². The molecule has 0 amide bonds. The van der Waals surface area contributed by atoms with Crippen LogP contribution in [0.5, 0.6) is 0 Å². The molecule has 2 fully saturated rings. The molecule has 2 aromatic rings. The topological polar surface area (TPSA) is 36.9 Å². The summed E-state index contributed by atoms with van der Waals surface area (Å²) in [6.45, 7) is 16.6. The molecule has 0 unspecified atom stereocenters. The molecule has 154 valence electrons. The number of benzene rings is 2. The molecule has 6 heteroatoms. The molecule has 0 spiro atoms. The number of hydrogen-bond acceptors (Lipinski definition) is 4. The second-order valence-corrected chi connectivity index (χ2v) is 10.4. The van der Waals surface area contributed by atoms with Crippen LogP contribution in [-0.2, 0) is 18.6 Å². The first-order valence-corrected chi connectivity index (χ1v) is 10.5. The highest BCUT2D eigenvalue weighted by Crippen LogP contribution is 2.46. The first kappa shape index (κ1) is 20.9. The van der Waals surface area contributed by atoms with E-state index in [0.717, 1.165) is 5.56 Å². The zero-order valence-corrected chi connectivity index (χ0v) is 18.9. The molecule has 0 atom stereocenters. The van der Waals surface area contributed by atoms with Crippen LogP contribution in [0.15, 0.2) is 42.5 Å². The van der Waals surface area contributed by atoms with E-state index in [0.29, 0.717) is 0 Å². The van der Waals surface area contributed by atoms with Gasteiger partial charge in [0.1, 0.15) is 0 Å². The van der Waals surface area contributed by atoms with Crippen molar-refractivity contribution in [2.45, 2.75) is 83.5 Å².